The van der Waals surface area contributed by atoms with Gasteiger partial charge >= 0.3 is 0 Å². The topological polar surface area (TPSA) is 72.0 Å². The third kappa shape index (κ3) is 3.52. The summed E-state index contributed by atoms with van der Waals surface area (Å²) in [6, 6.07) is 9.22. The SMILES string of the molecule is O=C(c1ccncc1)N1C[C@@H]2CC[C@H](C1)N(C(=O)Cc1ccc3c(c1)OCO3)C2. The number of fused-ring (bicyclic) bond motifs is 5. The van der Waals surface area contributed by atoms with Gasteiger partial charge in [-0.15, -0.1) is 0 Å². The summed E-state index contributed by atoms with van der Waals surface area (Å²) in [5, 5.41) is 0. The van der Waals surface area contributed by atoms with Crippen LogP contribution < -0.4 is 9.47 Å². The van der Waals surface area contributed by atoms with Crippen molar-refractivity contribution in [3.05, 3.63) is 53.9 Å². The Hall–Kier alpha value is -3.09. The van der Waals surface area contributed by atoms with Crippen molar-refractivity contribution in [2.75, 3.05) is 26.4 Å². The standard InChI is InChI=1S/C22H23N3O4/c26-21(10-15-2-4-19-20(9-15)29-14-28-19)25-12-16-1-3-18(25)13-24(11-16)22(27)17-5-7-23-8-6-17/h2,4-9,16,18H,1,3,10-14H2/t16-,18+/m0/s1. The second-order valence-electron chi connectivity index (χ2n) is 7.95. The highest BCUT2D eigenvalue weighted by Gasteiger charge is 2.38. The van der Waals surface area contributed by atoms with Crippen molar-refractivity contribution in [1.29, 1.82) is 0 Å². The molecule has 0 N–H and O–H groups in total. The Morgan fingerprint density at radius 2 is 1.83 bits per heavy atom. The quantitative estimate of drug-likeness (QED) is 0.799. The number of ether oxygens (including phenoxy) is 2. The van der Waals surface area contributed by atoms with Crippen LogP contribution in [0, 0.1) is 5.92 Å². The van der Waals surface area contributed by atoms with Crippen LogP contribution in [0.15, 0.2) is 42.7 Å². The van der Waals surface area contributed by atoms with Crippen LogP contribution in [-0.2, 0) is 11.2 Å². The maximum Gasteiger partial charge on any atom is 0.254 e. The van der Waals surface area contributed by atoms with Crippen molar-refractivity contribution < 1.29 is 19.1 Å². The summed E-state index contributed by atoms with van der Waals surface area (Å²) in [5.74, 6) is 1.87. The van der Waals surface area contributed by atoms with E-state index < -0.39 is 0 Å². The highest BCUT2D eigenvalue weighted by Crippen LogP contribution is 2.33. The van der Waals surface area contributed by atoms with Crippen molar-refractivity contribution in [3.8, 4) is 11.5 Å². The van der Waals surface area contributed by atoms with Crippen molar-refractivity contribution >= 4 is 11.8 Å². The van der Waals surface area contributed by atoms with Gasteiger partial charge in [0.05, 0.1) is 6.42 Å². The van der Waals surface area contributed by atoms with Gasteiger partial charge in [-0.25, -0.2) is 0 Å². The highest BCUT2D eigenvalue weighted by molar-refractivity contribution is 5.94. The molecule has 0 saturated carbocycles. The first-order chi connectivity index (χ1) is 14.2. The molecule has 0 spiro atoms. The fraction of sp³-hybridized carbons (Fsp3) is 0.409. The molecule has 5 heterocycles. The first-order valence-electron chi connectivity index (χ1n) is 10.0. The molecule has 29 heavy (non-hydrogen) atoms. The zero-order valence-corrected chi connectivity index (χ0v) is 16.1. The van der Waals surface area contributed by atoms with Crippen molar-refractivity contribution in [1.82, 2.24) is 14.8 Å². The largest absolute Gasteiger partial charge is 0.454 e. The predicted octanol–water partition coefficient (Wildman–Crippen LogP) is 2.12. The number of aromatic nitrogens is 1. The predicted molar refractivity (Wildman–Crippen MR) is 105 cm³/mol. The molecule has 1 aromatic carbocycles. The van der Waals surface area contributed by atoms with E-state index in [1.807, 2.05) is 28.0 Å². The fourth-order valence-electron chi connectivity index (χ4n) is 4.56. The van der Waals surface area contributed by atoms with Crippen molar-refractivity contribution in [2.24, 2.45) is 5.92 Å². The molecule has 7 nitrogen and oxygen atoms in total. The lowest BCUT2D eigenvalue weighted by Crippen LogP contribution is -2.48. The molecule has 3 fully saturated rings. The van der Waals surface area contributed by atoms with E-state index in [-0.39, 0.29) is 24.6 Å². The summed E-state index contributed by atoms with van der Waals surface area (Å²) in [4.78, 5) is 33.9. The number of carbonyl (C=O) groups excluding carboxylic acids is 2. The van der Waals surface area contributed by atoms with E-state index in [2.05, 4.69) is 4.98 Å². The number of pyridine rings is 1. The van der Waals surface area contributed by atoms with E-state index in [4.69, 9.17) is 9.47 Å². The molecule has 7 heteroatoms. The number of hydrogen-bond donors (Lipinski definition) is 0. The Morgan fingerprint density at radius 1 is 1.00 bits per heavy atom. The molecule has 0 unspecified atom stereocenters. The highest BCUT2D eigenvalue weighted by atomic mass is 16.7. The van der Waals surface area contributed by atoms with Gasteiger partial charge in [-0.3, -0.25) is 14.6 Å². The molecule has 2 atom stereocenters. The number of piperidine rings is 1. The molecule has 6 rings (SSSR count). The molecule has 0 aliphatic carbocycles. The van der Waals surface area contributed by atoms with Crippen LogP contribution in [0.3, 0.4) is 0 Å². The molecule has 2 bridgehead atoms. The van der Waals surface area contributed by atoms with E-state index in [1.165, 1.54) is 0 Å². The van der Waals surface area contributed by atoms with Crippen LogP contribution in [0.5, 0.6) is 11.5 Å². The molecule has 4 aliphatic heterocycles. The summed E-state index contributed by atoms with van der Waals surface area (Å²) < 4.78 is 10.8. The third-order valence-electron chi connectivity index (χ3n) is 6.04. The third-order valence-corrected chi connectivity index (χ3v) is 6.04. The summed E-state index contributed by atoms with van der Waals surface area (Å²) in [5.41, 5.74) is 1.57. The minimum Gasteiger partial charge on any atom is -0.454 e. The maximum absolute atomic E-state index is 13.1. The zero-order valence-electron chi connectivity index (χ0n) is 16.1. The molecule has 150 valence electrons. The summed E-state index contributed by atoms with van der Waals surface area (Å²) in [7, 11) is 0. The average Bonchev–Trinajstić information content (AvgIpc) is 3.02. The number of nitrogens with zero attached hydrogens (tertiary/aromatic N) is 3. The second kappa shape index (κ2) is 7.39. The van der Waals surface area contributed by atoms with Gasteiger partial charge in [-0.05, 0) is 48.6 Å². The fourth-order valence-corrected chi connectivity index (χ4v) is 4.56. The Kier molecular flexibility index (Phi) is 4.58. The number of hydrogen-bond acceptors (Lipinski definition) is 5. The van der Waals surface area contributed by atoms with Gasteiger partial charge in [0.25, 0.3) is 5.91 Å². The molecular formula is C22H23N3O4. The lowest BCUT2D eigenvalue weighted by Gasteiger charge is -2.36. The summed E-state index contributed by atoms with van der Waals surface area (Å²) in [6.07, 6.45) is 5.61. The molecule has 2 amide bonds. The molecule has 1 aromatic heterocycles. The maximum atomic E-state index is 13.1. The van der Waals surface area contributed by atoms with Crippen LogP contribution >= 0.6 is 0 Å². The number of carbonyl (C=O) groups is 2. The van der Waals surface area contributed by atoms with Gasteiger partial charge in [-0.2, -0.15) is 0 Å². The van der Waals surface area contributed by atoms with Crippen LogP contribution in [-0.4, -0.2) is 59.1 Å². The monoisotopic (exact) mass is 393 g/mol. The van der Waals surface area contributed by atoms with Crippen LogP contribution in [0.1, 0.15) is 28.8 Å². The van der Waals surface area contributed by atoms with E-state index in [9.17, 15) is 9.59 Å². The average molecular weight is 393 g/mol. The van der Waals surface area contributed by atoms with Crippen LogP contribution in [0.4, 0.5) is 0 Å². The molecular weight excluding hydrogens is 370 g/mol. The zero-order chi connectivity index (χ0) is 19.8. The van der Waals surface area contributed by atoms with Crippen LogP contribution in [0.2, 0.25) is 0 Å². The molecule has 0 radical (unpaired) electrons. The normalized spacial score (nSPS) is 22.5. The van der Waals surface area contributed by atoms with Gasteiger partial charge in [0.1, 0.15) is 0 Å². The number of benzene rings is 1. The Balaban J connectivity index is 1.29. The first-order valence-corrected chi connectivity index (χ1v) is 10.0. The Labute approximate surface area is 169 Å². The number of rotatable bonds is 3. The molecule has 3 saturated heterocycles. The van der Waals surface area contributed by atoms with Gasteiger partial charge in [-0.1, -0.05) is 6.07 Å². The second-order valence-corrected chi connectivity index (χ2v) is 7.95. The minimum atomic E-state index is 0.0226. The lowest BCUT2D eigenvalue weighted by atomic mass is 9.94. The van der Waals surface area contributed by atoms with E-state index in [0.29, 0.717) is 43.3 Å². The summed E-state index contributed by atoms with van der Waals surface area (Å²) >= 11 is 0. The van der Waals surface area contributed by atoms with Gasteiger partial charge in [0.15, 0.2) is 11.5 Å². The molecule has 4 aliphatic rings. The van der Waals surface area contributed by atoms with E-state index in [1.54, 1.807) is 24.5 Å². The van der Waals surface area contributed by atoms with E-state index >= 15 is 0 Å². The van der Waals surface area contributed by atoms with Gasteiger partial charge < -0.3 is 19.3 Å². The first kappa shape index (κ1) is 18.0. The van der Waals surface area contributed by atoms with Crippen molar-refractivity contribution in [3.63, 3.8) is 0 Å². The molecule has 2 aromatic rings. The van der Waals surface area contributed by atoms with E-state index in [0.717, 1.165) is 24.2 Å². The van der Waals surface area contributed by atoms with Gasteiger partial charge in [0.2, 0.25) is 12.7 Å². The van der Waals surface area contributed by atoms with Crippen molar-refractivity contribution in [2.45, 2.75) is 25.3 Å². The summed E-state index contributed by atoms with van der Waals surface area (Å²) in [6.45, 7) is 2.23. The lowest BCUT2D eigenvalue weighted by molar-refractivity contribution is -0.134. The Bertz CT molecular complexity index is 933. The Morgan fingerprint density at radius 3 is 2.69 bits per heavy atom. The van der Waals surface area contributed by atoms with Gasteiger partial charge in [0, 0.05) is 43.6 Å². The minimum absolute atomic E-state index is 0.0226. The smallest absolute Gasteiger partial charge is 0.254 e. The number of amides is 2. The van der Waals surface area contributed by atoms with Crippen LogP contribution in [0.25, 0.3) is 0 Å².